The Kier molecular flexibility index (Phi) is 5.28. The van der Waals surface area contributed by atoms with Crippen LogP contribution in [0.15, 0.2) is 4.52 Å². The van der Waals surface area contributed by atoms with Gasteiger partial charge in [0.2, 0.25) is 5.89 Å². The molecule has 3 rings (SSSR count). The molecule has 1 N–H and O–H groups in total. The normalized spacial score (nSPS) is 29.1. The lowest BCUT2D eigenvalue weighted by Crippen LogP contribution is -2.68. The van der Waals surface area contributed by atoms with Crippen molar-refractivity contribution in [3.8, 4) is 0 Å². The van der Waals surface area contributed by atoms with E-state index in [1.165, 1.54) is 0 Å². The number of esters is 1. The van der Waals surface area contributed by atoms with Crippen molar-refractivity contribution in [3.05, 3.63) is 11.7 Å². The molecule has 2 atom stereocenters. The summed E-state index contributed by atoms with van der Waals surface area (Å²) in [7, 11) is 0. The first-order valence-electron chi connectivity index (χ1n) is 9.10. The van der Waals surface area contributed by atoms with Gasteiger partial charge in [-0.1, -0.05) is 38.3 Å². The standard InChI is InChI=1S/C17H24F3N3O3/c1-3-4-5-6-10(2)13(24)25-15-16(9-21-15)7-11(8-16)12-22-14(23-26-12)17(18,19)20/h10-11,15,21H,3-9H2,1-2H3. The summed E-state index contributed by atoms with van der Waals surface area (Å²) in [5.41, 5.74) is -0.226. The number of aromatic nitrogens is 2. The molecule has 26 heavy (non-hydrogen) atoms. The number of nitrogens with one attached hydrogen (secondary N) is 1. The van der Waals surface area contributed by atoms with Crippen molar-refractivity contribution in [2.75, 3.05) is 6.54 Å². The van der Waals surface area contributed by atoms with Gasteiger partial charge in [0.05, 0.1) is 5.92 Å². The van der Waals surface area contributed by atoms with Crippen LogP contribution in [-0.4, -0.2) is 28.9 Å². The van der Waals surface area contributed by atoms with Gasteiger partial charge in [-0.15, -0.1) is 0 Å². The van der Waals surface area contributed by atoms with Crippen molar-refractivity contribution in [2.24, 2.45) is 11.3 Å². The summed E-state index contributed by atoms with van der Waals surface area (Å²) in [4.78, 5) is 15.7. The van der Waals surface area contributed by atoms with E-state index in [9.17, 15) is 18.0 Å². The maximum absolute atomic E-state index is 12.6. The smallest absolute Gasteiger partial charge is 0.446 e. The summed E-state index contributed by atoms with van der Waals surface area (Å²) >= 11 is 0. The molecule has 6 nitrogen and oxygen atoms in total. The minimum absolute atomic E-state index is 0.00728. The van der Waals surface area contributed by atoms with Gasteiger partial charge in [-0.3, -0.25) is 10.1 Å². The minimum Gasteiger partial charge on any atom is -0.446 e. The molecule has 1 aromatic heterocycles. The quantitative estimate of drug-likeness (QED) is 0.579. The molecule has 146 valence electrons. The zero-order chi connectivity index (χ0) is 18.9. The van der Waals surface area contributed by atoms with Crippen LogP contribution < -0.4 is 5.32 Å². The first-order valence-corrected chi connectivity index (χ1v) is 9.10. The largest absolute Gasteiger partial charge is 0.455 e. The molecule has 9 heteroatoms. The summed E-state index contributed by atoms with van der Waals surface area (Å²) in [6, 6.07) is 0. The van der Waals surface area contributed by atoms with Crippen LogP contribution in [0.5, 0.6) is 0 Å². The third-order valence-electron chi connectivity index (χ3n) is 5.42. The van der Waals surface area contributed by atoms with Crippen molar-refractivity contribution in [1.82, 2.24) is 15.5 Å². The lowest BCUT2D eigenvalue weighted by Gasteiger charge is -2.57. The predicted molar refractivity (Wildman–Crippen MR) is 84.9 cm³/mol. The number of ether oxygens (including phenoxy) is 1. The van der Waals surface area contributed by atoms with E-state index in [1.807, 2.05) is 6.92 Å². The molecule has 1 aromatic rings. The predicted octanol–water partition coefficient (Wildman–Crippen LogP) is 3.64. The zero-order valence-corrected chi connectivity index (χ0v) is 14.9. The molecule has 2 unspecified atom stereocenters. The van der Waals surface area contributed by atoms with Crippen molar-refractivity contribution >= 4 is 5.97 Å². The van der Waals surface area contributed by atoms with Gasteiger partial charge in [0.15, 0.2) is 6.23 Å². The van der Waals surface area contributed by atoms with Gasteiger partial charge < -0.3 is 9.26 Å². The molecular formula is C17H24F3N3O3. The number of carbonyl (C=O) groups is 1. The van der Waals surface area contributed by atoms with Crippen LogP contribution >= 0.6 is 0 Å². The van der Waals surface area contributed by atoms with E-state index in [0.29, 0.717) is 19.4 Å². The van der Waals surface area contributed by atoms with Gasteiger partial charge in [-0.05, 0) is 19.3 Å². The number of carbonyl (C=O) groups excluding carboxylic acids is 1. The van der Waals surface area contributed by atoms with Gasteiger partial charge in [-0.2, -0.15) is 18.2 Å². The number of rotatable bonds is 7. The molecule has 0 amide bonds. The Morgan fingerprint density at radius 3 is 2.69 bits per heavy atom. The van der Waals surface area contributed by atoms with E-state index in [0.717, 1.165) is 25.7 Å². The fourth-order valence-electron chi connectivity index (χ4n) is 3.66. The SMILES string of the molecule is CCCCCC(C)C(=O)OC1NCC12CC(c1nc(C(F)(F)F)no1)C2. The van der Waals surface area contributed by atoms with Gasteiger partial charge in [0, 0.05) is 17.9 Å². The van der Waals surface area contributed by atoms with Crippen molar-refractivity contribution in [3.63, 3.8) is 0 Å². The zero-order valence-electron chi connectivity index (χ0n) is 14.9. The Morgan fingerprint density at radius 2 is 2.15 bits per heavy atom. The maximum Gasteiger partial charge on any atom is 0.455 e. The van der Waals surface area contributed by atoms with Crippen LogP contribution in [0.1, 0.15) is 70.0 Å². The number of nitrogens with zero attached hydrogens (tertiary/aromatic N) is 2. The van der Waals surface area contributed by atoms with Crippen molar-refractivity contribution in [2.45, 2.75) is 70.7 Å². The molecule has 2 fully saturated rings. The van der Waals surface area contributed by atoms with Crippen molar-refractivity contribution < 1.29 is 27.2 Å². The highest BCUT2D eigenvalue weighted by atomic mass is 19.4. The van der Waals surface area contributed by atoms with Crippen LogP contribution in [0.2, 0.25) is 0 Å². The van der Waals surface area contributed by atoms with Crippen LogP contribution in [0.4, 0.5) is 13.2 Å². The molecular weight excluding hydrogens is 351 g/mol. The molecule has 0 bridgehead atoms. The van der Waals surface area contributed by atoms with Crippen LogP contribution in [0.3, 0.4) is 0 Å². The van der Waals surface area contributed by atoms with E-state index < -0.39 is 12.0 Å². The van der Waals surface area contributed by atoms with Gasteiger partial charge >= 0.3 is 12.1 Å². The van der Waals surface area contributed by atoms with Gasteiger partial charge in [-0.25, -0.2) is 0 Å². The van der Waals surface area contributed by atoms with E-state index in [2.05, 4.69) is 22.4 Å². The summed E-state index contributed by atoms with van der Waals surface area (Å²) in [5, 5.41) is 6.10. The fourth-order valence-corrected chi connectivity index (χ4v) is 3.66. The maximum atomic E-state index is 12.6. The Bertz CT molecular complexity index is 641. The second-order valence-electron chi connectivity index (χ2n) is 7.52. The monoisotopic (exact) mass is 375 g/mol. The molecule has 1 aliphatic carbocycles. The highest BCUT2D eigenvalue weighted by Gasteiger charge is 2.59. The molecule has 1 spiro atoms. The van der Waals surface area contributed by atoms with E-state index in [4.69, 9.17) is 9.26 Å². The first-order chi connectivity index (χ1) is 12.2. The number of halogens is 3. The van der Waals surface area contributed by atoms with E-state index in [-0.39, 0.29) is 35.3 Å². The second kappa shape index (κ2) is 7.17. The highest BCUT2D eigenvalue weighted by Crippen LogP contribution is 2.56. The summed E-state index contributed by atoms with van der Waals surface area (Å²) in [6.07, 6.45) is 0.145. The fraction of sp³-hybridized carbons (Fsp3) is 0.824. The molecule has 2 heterocycles. The third-order valence-corrected chi connectivity index (χ3v) is 5.42. The topological polar surface area (TPSA) is 77.2 Å². The van der Waals surface area contributed by atoms with E-state index in [1.54, 1.807) is 0 Å². The number of alkyl halides is 3. The number of hydrogen-bond acceptors (Lipinski definition) is 6. The van der Waals surface area contributed by atoms with Crippen LogP contribution in [-0.2, 0) is 15.7 Å². The number of hydrogen-bond donors (Lipinski definition) is 1. The lowest BCUT2D eigenvalue weighted by atomic mass is 9.57. The summed E-state index contributed by atoms with van der Waals surface area (Å²) < 4.78 is 48.0. The number of unbranched alkanes of at least 4 members (excludes halogenated alkanes) is 2. The molecule has 1 aliphatic heterocycles. The Hall–Kier alpha value is -1.64. The highest BCUT2D eigenvalue weighted by molar-refractivity contribution is 5.72. The summed E-state index contributed by atoms with van der Waals surface area (Å²) in [5.74, 6) is -1.83. The minimum atomic E-state index is -4.60. The second-order valence-corrected chi connectivity index (χ2v) is 7.52. The average Bonchev–Trinajstić information content (AvgIpc) is 3.00. The lowest BCUT2D eigenvalue weighted by molar-refractivity contribution is -0.193. The first kappa shape index (κ1) is 19.1. The van der Waals surface area contributed by atoms with Crippen LogP contribution in [0, 0.1) is 11.3 Å². The Balaban J connectivity index is 1.49. The Morgan fingerprint density at radius 1 is 1.42 bits per heavy atom. The molecule has 1 saturated heterocycles. The average molecular weight is 375 g/mol. The molecule has 0 aromatic carbocycles. The van der Waals surface area contributed by atoms with E-state index >= 15 is 0 Å². The van der Waals surface area contributed by atoms with Gasteiger partial charge in [0.1, 0.15) is 0 Å². The van der Waals surface area contributed by atoms with Crippen LogP contribution in [0.25, 0.3) is 0 Å². The molecule has 0 radical (unpaired) electrons. The van der Waals surface area contributed by atoms with Gasteiger partial charge in [0.25, 0.3) is 5.82 Å². The third kappa shape index (κ3) is 3.72. The summed E-state index contributed by atoms with van der Waals surface area (Å²) in [6.45, 7) is 4.65. The molecule has 1 saturated carbocycles. The Labute approximate surface area is 149 Å². The molecule has 2 aliphatic rings. The van der Waals surface area contributed by atoms with Crippen molar-refractivity contribution in [1.29, 1.82) is 0 Å².